The number of amides is 1. The lowest BCUT2D eigenvalue weighted by atomic mass is 9.95. The fraction of sp³-hybridized carbons (Fsp3) is 0.462. The van der Waals surface area contributed by atoms with Crippen LogP contribution in [0.5, 0.6) is 0 Å². The zero-order valence-electron chi connectivity index (χ0n) is 9.32. The van der Waals surface area contributed by atoms with E-state index in [2.05, 4.69) is 5.32 Å². The first-order valence-electron chi connectivity index (χ1n) is 5.87. The number of nitrogens with one attached hydrogen (secondary N) is 1. The van der Waals surface area contributed by atoms with E-state index in [1.165, 1.54) is 25.3 Å². The summed E-state index contributed by atoms with van der Waals surface area (Å²) in [7, 11) is 0. The van der Waals surface area contributed by atoms with Gasteiger partial charge in [-0.05, 0) is 31.1 Å². The van der Waals surface area contributed by atoms with Gasteiger partial charge in [-0.15, -0.1) is 0 Å². The second kappa shape index (κ2) is 5.54. The molecule has 0 spiro atoms. The van der Waals surface area contributed by atoms with Crippen LogP contribution < -0.4 is 5.32 Å². The van der Waals surface area contributed by atoms with Crippen LogP contribution in [0, 0.1) is 0 Å². The van der Waals surface area contributed by atoms with Gasteiger partial charge in [0.1, 0.15) is 5.76 Å². The average molecular weight is 219 g/mol. The van der Waals surface area contributed by atoms with Gasteiger partial charge in [-0.2, -0.15) is 0 Å². The predicted molar refractivity (Wildman–Crippen MR) is 62.8 cm³/mol. The van der Waals surface area contributed by atoms with Gasteiger partial charge < -0.3 is 9.73 Å². The summed E-state index contributed by atoms with van der Waals surface area (Å²) in [5.41, 5.74) is 0. The standard InChI is InChI=1S/C13H17NO2/c15-13(9-8-12-7-4-10-16-12)14-11-5-2-1-3-6-11/h4,7-11H,1-3,5-6H2,(H,14,15)/b9-8+. The van der Waals surface area contributed by atoms with E-state index < -0.39 is 0 Å². The Bertz CT molecular complexity index is 348. The molecule has 1 saturated carbocycles. The molecule has 0 radical (unpaired) electrons. The van der Waals surface area contributed by atoms with Crippen molar-refractivity contribution in [2.45, 2.75) is 38.1 Å². The monoisotopic (exact) mass is 219 g/mol. The first kappa shape index (κ1) is 11.0. The summed E-state index contributed by atoms with van der Waals surface area (Å²) in [5, 5.41) is 3.01. The van der Waals surface area contributed by atoms with E-state index >= 15 is 0 Å². The number of carbonyl (C=O) groups is 1. The SMILES string of the molecule is O=C(/C=C/c1ccco1)NC1CCCCC1. The maximum Gasteiger partial charge on any atom is 0.244 e. The summed E-state index contributed by atoms with van der Waals surface area (Å²) < 4.78 is 5.11. The lowest BCUT2D eigenvalue weighted by Crippen LogP contribution is -2.34. The topological polar surface area (TPSA) is 42.2 Å². The van der Waals surface area contributed by atoms with Crippen LogP contribution in [0.15, 0.2) is 28.9 Å². The molecule has 0 saturated heterocycles. The van der Waals surface area contributed by atoms with Crippen molar-refractivity contribution in [2.24, 2.45) is 0 Å². The van der Waals surface area contributed by atoms with Gasteiger partial charge >= 0.3 is 0 Å². The number of hydrogen-bond acceptors (Lipinski definition) is 2. The summed E-state index contributed by atoms with van der Waals surface area (Å²) in [4.78, 5) is 11.6. The lowest BCUT2D eigenvalue weighted by Gasteiger charge is -2.21. The maximum absolute atomic E-state index is 11.6. The van der Waals surface area contributed by atoms with Gasteiger partial charge in [0.15, 0.2) is 0 Å². The second-order valence-corrected chi connectivity index (χ2v) is 4.19. The van der Waals surface area contributed by atoms with E-state index in [0.717, 1.165) is 12.8 Å². The number of carbonyl (C=O) groups excluding carboxylic acids is 1. The summed E-state index contributed by atoms with van der Waals surface area (Å²) in [6.45, 7) is 0. The first-order chi connectivity index (χ1) is 7.84. The fourth-order valence-electron chi connectivity index (χ4n) is 2.04. The van der Waals surface area contributed by atoms with Gasteiger partial charge in [0.2, 0.25) is 5.91 Å². The third kappa shape index (κ3) is 3.26. The molecular weight excluding hydrogens is 202 g/mol. The highest BCUT2D eigenvalue weighted by molar-refractivity contribution is 5.91. The minimum absolute atomic E-state index is 0.0247. The highest BCUT2D eigenvalue weighted by atomic mass is 16.3. The summed E-state index contributed by atoms with van der Waals surface area (Å²) >= 11 is 0. The lowest BCUT2D eigenvalue weighted by molar-refractivity contribution is -0.117. The van der Waals surface area contributed by atoms with Crippen LogP contribution in [0.1, 0.15) is 37.9 Å². The van der Waals surface area contributed by atoms with E-state index in [9.17, 15) is 4.79 Å². The van der Waals surface area contributed by atoms with Gasteiger partial charge in [-0.3, -0.25) is 4.79 Å². The molecule has 16 heavy (non-hydrogen) atoms. The maximum atomic E-state index is 11.6. The molecule has 1 aromatic heterocycles. The Morgan fingerprint density at radius 1 is 1.38 bits per heavy atom. The van der Waals surface area contributed by atoms with Gasteiger partial charge in [0.25, 0.3) is 0 Å². The highest BCUT2D eigenvalue weighted by Gasteiger charge is 2.13. The number of hydrogen-bond donors (Lipinski definition) is 1. The van der Waals surface area contributed by atoms with Crippen LogP contribution in [-0.2, 0) is 4.79 Å². The van der Waals surface area contributed by atoms with E-state index in [1.807, 2.05) is 6.07 Å². The Morgan fingerprint density at radius 3 is 2.88 bits per heavy atom. The number of furan rings is 1. The van der Waals surface area contributed by atoms with Gasteiger partial charge in [-0.1, -0.05) is 19.3 Å². The molecule has 3 nitrogen and oxygen atoms in total. The Hall–Kier alpha value is -1.51. The number of rotatable bonds is 3. The minimum atomic E-state index is -0.0247. The third-order valence-electron chi connectivity index (χ3n) is 2.89. The van der Waals surface area contributed by atoms with Crippen LogP contribution in [0.3, 0.4) is 0 Å². The molecule has 1 fully saturated rings. The molecule has 1 aliphatic carbocycles. The van der Waals surface area contributed by atoms with Crippen molar-refractivity contribution in [3.05, 3.63) is 30.2 Å². The predicted octanol–water partition coefficient (Wildman–Crippen LogP) is 2.74. The molecule has 1 aromatic rings. The average Bonchev–Trinajstić information content (AvgIpc) is 2.81. The Balaban J connectivity index is 1.79. The molecule has 3 heteroatoms. The second-order valence-electron chi connectivity index (χ2n) is 4.19. The van der Waals surface area contributed by atoms with Crippen molar-refractivity contribution in [1.29, 1.82) is 0 Å². The van der Waals surface area contributed by atoms with Crippen molar-refractivity contribution in [3.8, 4) is 0 Å². The fourth-order valence-corrected chi connectivity index (χ4v) is 2.04. The molecule has 0 atom stereocenters. The Morgan fingerprint density at radius 2 is 2.19 bits per heavy atom. The molecule has 0 aromatic carbocycles. The Kier molecular flexibility index (Phi) is 3.81. The van der Waals surface area contributed by atoms with Crippen molar-refractivity contribution in [3.63, 3.8) is 0 Å². The van der Waals surface area contributed by atoms with Gasteiger partial charge in [0.05, 0.1) is 6.26 Å². The molecule has 1 N–H and O–H groups in total. The molecule has 1 aliphatic rings. The third-order valence-corrected chi connectivity index (χ3v) is 2.89. The van der Waals surface area contributed by atoms with E-state index in [1.54, 1.807) is 18.4 Å². The van der Waals surface area contributed by atoms with Crippen LogP contribution in [0.4, 0.5) is 0 Å². The van der Waals surface area contributed by atoms with E-state index in [4.69, 9.17) is 4.42 Å². The molecule has 1 amide bonds. The molecular formula is C13H17NO2. The summed E-state index contributed by atoms with van der Waals surface area (Å²) in [6, 6.07) is 3.99. The van der Waals surface area contributed by atoms with Crippen LogP contribution in [-0.4, -0.2) is 11.9 Å². The van der Waals surface area contributed by atoms with Crippen LogP contribution in [0.25, 0.3) is 6.08 Å². The Labute approximate surface area is 95.5 Å². The quantitative estimate of drug-likeness (QED) is 0.794. The van der Waals surface area contributed by atoms with Crippen LogP contribution >= 0.6 is 0 Å². The van der Waals surface area contributed by atoms with Gasteiger partial charge in [-0.25, -0.2) is 0 Å². The van der Waals surface area contributed by atoms with E-state index in [-0.39, 0.29) is 5.91 Å². The molecule has 0 unspecified atom stereocenters. The molecule has 0 bridgehead atoms. The summed E-state index contributed by atoms with van der Waals surface area (Å²) in [5.74, 6) is 0.682. The molecule has 1 heterocycles. The largest absolute Gasteiger partial charge is 0.465 e. The molecule has 86 valence electrons. The zero-order valence-corrected chi connectivity index (χ0v) is 9.32. The minimum Gasteiger partial charge on any atom is -0.465 e. The molecule has 2 rings (SSSR count). The van der Waals surface area contributed by atoms with Crippen LogP contribution in [0.2, 0.25) is 0 Å². The normalized spacial score (nSPS) is 17.8. The van der Waals surface area contributed by atoms with Crippen molar-refractivity contribution >= 4 is 12.0 Å². The highest BCUT2D eigenvalue weighted by Crippen LogP contribution is 2.17. The van der Waals surface area contributed by atoms with Crippen molar-refractivity contribution in [2.75, 3.05) is 0 Å². The van der Waals surface area contributed by atoms with E-state index in [0.29, 0.717) is 11.8 Å². The zero-order chi connectivity index (χ0) is 11.2. The summed E-state index contributed by atoms with van der Waals surface area (Å²) in [6.07, 6.45) is 10.8. The van der Waals surface area contributed by atoms with Crippen molar-refractivity contribution < 1.29 is 9.21 Å². The molecule has 0 aliphatic heterocycles. The van der Waals surface area contributed by atoms with Gasteiger partial charge in [0, 0.05) is 12.1 Å². The van der Waals surface area contributed by atoms with Crippen molar-refractivity contribution in [1.82, 2.24) is 5.32 Å². The smallest absolute Gasteiger partial charge is 0.244 e. The first-order valence-corrected chi connectivity index (χ1v) is 5.87.